The molecule has 10 heteroatoms. The van der Waals surface area contributed by atoms with Crippen LogP contribution < -0.4 is 0 Å². The van der Waals surface area contributed by atoms with Crippen LogP contribution >= 0.6 is 0 Å². The molecule has 0 amide bonds. The fraction of sp³-hybridized carbons (Fsp3) is 0. The Labute approximate surface area is 552 Å². The Balaban J connectivity index is 0.000000145. The zero-order chi connectivity index (χ0) is 63.7. The molecule has 0 spiro atoms. The predicted molar refractivity (Wildman–Crippen MR) is 390 cm³/mol. The van der Waals surface area contributed by atoms with Crippen molar-refractivity contribution in [1.29, 1.82) is 0 Å². The monoisotopic (exact) mass is 1230 g/mol. The minimum atomic E-state index is 0.799. The minimum absolute atomic E-state index is 0.799. The Hall–Kier alpha value is -13.2. The van der Waals surface area contributed by atoms with E-state index in [1.54, 1.807) is 0 Å². The summed E-state index contributed by atoms with van der Waals surface area (Å²) >= 11 is 0. The van der Waals surface area contributed by atoms with E-state index in [2.05, 4.69) is 202 Å². The fourth-order valence-electron chi connectivity index (χ4n) is 12.9. The summed E-state index contributed by atoms with van der Waals surface area (Å²) in [6, 6.07) is 99.7. The number of aromatic nitrogens is 10. The molecule has 10 nitrogen and oxygen atoms in total. The van der Waals surface area contributed by atoms with Crippen molar-refractivity contribution in [2.24, 2.45) is 0 Å². The number of hydrogen-bond acceptors (Lipinski definition) is 10. The van der Waals surface area contributed by atoms with E-state index in [0.29, 0.717) is 0 Å². The van der Waals surface area contributed by atoms with Crippen molar-refractivity contribution in [3.05, 3.63) is 328 Å². The SMILES string of the molecule is c1ccc(-c2c3ccccc3nc3c2ccc2ccc(-c4ccc(-c5cc(-c6ccccn6)cc(-c6ccccn6)c5)cn4)nc23)cc1.c1ccc(-c2c3ccccc3nc3c2ccc2ccc(-c4ccc(-c5cc(-c6ccccn6)cc(-c6ccccn6)c5)nc4)nc23)cc1. The Morgan fingerprint density at radius 2 is 0.531 bits per heavy atom. The molecule has 0 fully saturated rings. The van der Waals surface area contributed by atoms with E-state index < -0.39 is 0 Å². The van der Waals surface area contributed by atoms with E-state index in [0.717, 1.165) is 167 Å². The van der Waals surface area contributed by atoms with Crippen molar-refractivity contribution >= 4 is 65.4 Å². The molecular formula is C86H54N10. The molecule has 0 aliphatic heterocycles. The number of fused-ring (bicyclic) bond motifs is 8. The summed E-state index contributed by atoms with van der Waals surface area (Å²) in [6.07, 6.45) is 11.1. The molecule has 0 saturated carbocycles. The van der Waals surface area contributed by atoms with Gasteiger partial charge in [0.05, 0.1) is 78.7 Å². The maximum absolute atomic E-state index is 5.21. The third kappa shape index (κ3) is 11.0. The summed E-state index contributed by atoms with van der Waals surface area (Å²) in [5.74, 6) is 0. The second-order valence-electron chi connectivity index (χ2n) is 23.5. The van der Waals surface area contributed by atoms with Gasteiger partial charge in [0, 0.05) is 120 Å². The molecule has 8 aromatic carbocycles. The summed E-state index contributed by atoms with van der Waals surface area (Å²) in [5.41, 5.74) is 25.1. The Morgan fingerprint density at radius 3 is 0.958 bits per heavy atom. The average Bonchev–Trinajstić information content (AvgIpc) is 0.752. The van der Waals surface area contributed by atoms with Gasteiger partial charge in [-0.2, -0.15) is 0 Å². The zero-order valence-corrected chi connectivity index (χ0v) is 51.6. The van der Waals surface area contributed by atoms with Gasteiger partial charge < -0.3 is 0 Å². The van der Waals surface area contributed by atoms with Crippen molar-refractivity contribution in [1.82, 2.24) is 49.8 Å². The summed E-state index contributed by atoms with van der Waals surface area (Å²) in [4.78, 5) is 49.0. The maximum Gasteiger partial charge on any atom is 0.0978 e. The normalized spacial score (nSPS) is 11.3. The van der Waals surface area contributed by atoms with Crippen LogP contribution in [0.3, 0.4) is 0 Å². The first-order valence-electron chi connectivity index (χ1n) is 31.8. The largest absolute Gasteiger partial charge is 0.256 e. The van der Waals surface area contributed by atoms with Crippen molar-refractivity contribution in [2.45, 2.75) is 0 Å². The highest BCUT2D eigenvalue weighted by molar-refractivity contribution is 6.17. The van der Waals surface area contributed by atoms with E-state index in [1.165, 1.54) is 11.1 Å². The van der Waals surface area contributed by atoms with Gasteiger partial charge in [-0.05, 0) is 144 Å². The smallest absolute Gasteiger partial charge is 0.0978 e. The van der Waals surface area contributed by atoms with Gasteiger partial charge in [-0.1, -0.05) is 164 Å². The summed E-state index contributed by atoms with van der Waals surface area (Å²) < 4.78 is 0. The van der Waals surface area contributed by atoms with Crippen LogP contribution in [0.2, 0.25) is 0 Å². The van der Waals surface area contributed by atoms with Crippen LogP contribution in [0.4, 0.5) is 0 Å². The van der Waals surface area contributed by atoms with E-state index in [1.807, 2.05) is 146 Å². The van der Waals surface area contributed by atoms with Crippen LogP contribution in [-0.4, -0.2) is 49.8 Å². The Kier molecular flexibility index (Phi) is 14.7. The molecule has 18 aromatic rings. The summed E-state index contributed by atoms with van der Waals surface area (Å²) in [5, 5.41) is 6.51. The van der Waals surface area contributed by atoms with Crippen LogP contribution in [0.25, 0.3) is 178 Å². The maximum atomic E-state index is 5.21. The van der Waals surface area contributed by atoms with Gasteiger partial charge in [0.15, 0.2) is 0 Å². The molecule has 448 valence electrons. The quantitative estimate of drug-likeness (QED) is 0.0964. The molecular weight excluding hydrogens is 1170 g/mol. The predicted octanol–water partition coefficient (Wildman–Crippen LogP) is 20.9. The van der Waals surface area contributed by atoms with Crippen molar-refractivity contribution < 1.29 is 0 Å². The lowest BCUT2D eigenvalue weighted by Crippen LogP contribution is -1.94. The molecule has 0 atom stereocenters. The van der Waals surface area contributed by atoms with Gasteiger partial charge in [-0.25, -0.2) is 19.9 Å². The van der Waals surface area contributed by atoms with E-state index in [-0.39, 0.29) is 0 Å². The molecule has 0 aliphatic carbocycles. The first-order valence-corrected chi connectivity index (χ1v) is 31.8. The van der Waals surface area contributed by atoms with Gasteiger partial charge in [-0.15, -0.1) is 0 Å². The van der Waals surface area contributed by atoms with E-state index in [9.17, 15) is 0 Å². The number of nitrogens with zero attached hydrogens (tertiary/aromatic N) is 10. The highest BCUT2D eigenvalue weighted by atomic mass is 14.8. The highest BCUT2D eigenvalue weighted by Crippen LogP contribution is 2.41. The first-order chi connectivity index (χ1) is 47.6. The second-order valence-corrected chi connectivity index (χ2v) is 23.5. The number of pyridine rings is 10. The molecule has 10 heterocycles. The number of rotatable bonds is 10. The van der Waals surface area contributed by atoms with Gasteiger partial charge in [-0.3, -0.25) is 29.9 Å². The van der Waals surface area contributed by atoms with Gasteiger partial charge in [0.2, 0.25) is 0 Å². The van der Waals surface area contributed by atoms with Crippen molar-refractivity contribution in [2.75, 3.05) is 0 Å². The third-order valence-corrected chi connectivity index (χ3v) is 17.6. The van der Waals surface area contributed by atoms with Gasteiger partial charge in [0.25, 0.3) is 0 Å². The average molecular weight is 1230 g/mol. The number of benzene rings is 8. The lowest BCUT2D eigenvalue weighted by Gasteiger charge is -2.13. The van der Waals surface area contributed by atoms with Crippen LogP contribution in [0.15, 0.2) is 328 Å². The van der Waals surface area contributed by atoms with Gasteiger partial charge >= 0.3 is 0 Å². The van der Waals surface area contributed by atoms with Crippen molar-refractivity contribution in [3.8, 4) is 112 Å². The van der Waals surface area contributed by atoms with E-state index >= 15 is 0 Å². The van der Waals surface area contributed by atoms with E-state index in [4.69, 9.17) is 29.9 Å². The molecule has 0 bridgehead atoms. The Morgan fingerprint density at radius 1 is 0.177 bits per heavy atom. The van der Waals surface area contributed by atoms with Crippen LogP contribution in [0.1, 0.15) is 0 Å². The Bertz CT molecular complexity index is 5420. The zero-order valence-electron chi connectivity index (χ0n) is 51.6. The molecule has 0 N–H and O–H groups in total. The van der Waals surface area contributed by atoms with Gasteiger partial charge in [0.1, 0.15) is 0 Å². The topological polar surface area (TPSA) is 129 Å². The standard InChI is InChI=1S/2C43H27N5/c1-2-10-28(11-3-1)41-34-12-4-5-15-40(34)48-43-35(41)19-16-29-17-21-39(47-42(29)43)30-18-20-38(46-27-30)33-25-31(36-13-6-8-22-44-36)24-32(26-33)37-14-7-9-23-45-37;1-2-10-28(11-3-1)41-34-12-4-5-15-38(34)47-43-35(41)19-16-29-17-21-40(48-42(29)43)39-20-18-30(27-46-39)31-24-32(36-13-6-8-22-44-36)26-33(25-31)37-14-7-9-23-45-37/h2*1-27H. The highest BCUT2D eigenvalue weighted by Gasteiger charge is 2.19. The number of para-hydroxylation sites is 2. The minimum Gasteiger partial charge on any atom is -0.256 e. The third-order valence-electron chi connectivity index (χ3n) is 17.6. The number of hydrogen-bond donors (Lipinski definition) is 0. The summed E-state index contributed by atoms with van der Waals surface area (Å²) in [6.45, 7) is 0. The molecule has 0 unspecified atom stereocenters. The lowest BCUT2D eigenvalue weighted by molar-refractivity contribution is 1.27. The fourth-order valence-corrected chi connectivity index (χ4v) is 12.9. The lowest BCUT2D eigenvalue weighted by atomic mass is 9.95. The molecule has 18 rings (SSSR count). The van der Waals surface area contributed by atoms with Crippen LogP contribution in [-0.2, 0) is 0 Å². The van der Waals surface area contributed by atoms with Crippen molar-refractivity contribution in [3.63, 3.8) is 0 Å². The molecule has 0 aliphatic rings. The molecule has 0 radical (unpaired) electrons. The summed E-state index contributed by atoms with van der Waals surface area (Å²) in [7, 11) is 0. The first kappa shape index (κ1) is 56.8. The molecule has 96 heavy (non-hydrogen) atoms. The van der Waals surface area contributed by atoms with Crippen LogP contribution in [0.5, 0.6) is 0 Å². The molecule has 10 aromatic heterocycles. The second kappa shape index (κ2) is 24.8. The molecule has 0 saturated heterocycles. The van der Waals surface area contributed by atoms with Crippen LogP contribution in [0, 0.1) is 0 Å².